The van der Waals surface area contributed by atoms with E-state index in [0.29, 0.717) is 26.2 Å². The number of carbonyl (C=O) groups is 5. The summed E-state index contributed by atoms with van der Waals surface area (Å²) in [5.74, 6) is -1.77. The fraction of sp³-hybridized carbons (Fsp3) is 0.585. The topological polar surface area (TPSA) is 279 Å². The van der Waals surface area contributed by atoms with Crippen molar-refractivity contribution < 1.29 is 48.4 Å². The molecule has 21 heteroatoms. The number of piperazine rings is 1. The van der Waals surface area contributed by atoms with Crippen molar-refractivity contribution in [3.63, 3.8) is 0 Å². The highest BCUT2D eigenvalue weighted by Gasteiger charge is 2.25. The lowest BCUT2D eigenvalue weighted by Crippen LogP contribution is -2.48. The van der Waals surface area contributed by atoms with Crippen LogP contribution < -0.4 is 32.2 Å². The molecule has 1 aromatic carbocycles. The molecule has 3 aromatic rings. The zero-order chi connectivity index (χ0) is 44.9. The summed E-state index contributed by atoms with van der Waals surface area (Å²) in [5, 5.41) is 25.6. The molecule has 1 unspecified atom stereocenters. The van der Waals surface area contributed by atoms with Gasteiger partial charge in [0.05, 0.1) is 52.0 Å². The predicted octanol–water partition coefficient (Wildman–Crippen LogP) is 1.35. The van der Waals surface area contributed by atoms with Crippen LogP contribution in [0.5, 0.6) is 5.75 Å². The number of ether oxygens (including phenoxy) is 3. The number of rotatable bonds is 29. The average Bonchev–Trinajstić information content (AvgIpc) is 3.65. The van der Waals surface area contributed by atoms with Gasteiger partial charge in [-0.1, -0.05) is 31.9 Å². The Bertz CT molecular complexity index is 1930. The molecule has 3 amide bonds. The number of nitrogens with two attached hydrogens (primary N) is 2. The lowest BCUT2D eigenvalue weighted by molar-refractivity contribution is -0.139. The van der Waals surface area contributed by atoms with Gasteiger partial charge in [0.15, 0.2) is 5.82 Å². The number of carboxylic acids is 2. The summed E-state index contributed by atoms with van der Waals surface area (Å²) in [6, 6.07) is 7.01. The van der Waals surface area contributed by atoms with Crippen molar-refractivity contribution in [2.24, 2.45) is 5.73 Å². The Morgan fingerprint density at radius 2 is 1.61 bits per heavy atom. The van der Waals surface area contributed by atoms with Crippen LogP contribution in [-0.4, -0.2) is 161 Å². The van der Waals surface area contributed by atoms with Gasteiger partial charge in [-0.05, 0) is 24.1 Å². The largest absolute Gasteiger partial charge is 0.496 e. The highest BCUT2D eigenvalue weighted by Crippen LogP contribution is 2.28. The number of aromatic nitrogens is 3. The second kappa shape index (κ2) is 26.3. The minimum atomic E-state index is -1.26. The molecule has 20 nitrogen and oxygen atoms in total. The molecular weight excluding hydrogens is 825 g/mol. The number of hydrogen-bond donors (Lipinski definition) is 7. The van der Waals surface area contributed by atoms with Gasteiger partial charge in [-0.15, -0.1) is 11.8 Å². The number of anilines is 2. The first-order valence-electron chi connectivity index (χ1n) is 20.9. The summed E-state index contributed by atoms with van der Waals surface area (Å²) in [6.45, 7) is 8.42. The molecule has 2 atom stereocenters. The average molecular weight is 887 g/mol. The van der Waals surface area contributed by atoms with Crippen LogP contribution in [0.15, 0.2) is 30.5 Å². The molecule has 0 spiro atoms. The Balaban J connectivity index is 1.05. The van der Waals surface area contributed by atoms with Crippen molar-refractivity contribution >= 4 is 64.2 Å². The minimum Gasteiger partial charge on any atom is -0.496 e. The molecule has 0 bridgehead atoms. The van der Waals surface area contributed by atoms with Crippen LogP contribution in [0.4, 0.5) is 11.8 Å². The molecule has 3 heterocycles. The molecule has 1 aliphatic rings. The van der Waals surface area contributed by atoms with Crippen LogP contribution in [0.3, 0.4) is 0 Å². The predicted molar refractivity (Wildman–Crippen MR) is 235 cm³/mol. The van der Waals surface area contributed by atoms with Gasteiger partial charge < -0.3 is 61.3 Å². The van der Waals surface area contributed by atoms with Crippen LogP contribution in [0.1, 0.15) is 56.6 Å². The lowest BCUT2D eigenvalue weighted by Gasteiger charge is -2.35. The van der Waals surface area contributed by atoms with Crippen molar-refractivity contribution in [2.45, 2.75) is 69.8 Å². The van der Waals surface area contributed by atoms with Crippen molar-refractivity contribution in [3.05, 3.63) is 41.6 Å². The minimum absolute atomic E-state index is 0.00497. The van der Waals surface area contributed by atoms with E-state index in [2.05, 4.69) is 60.5 Å². The van der Waals surface area contributed by atoms with Gasteiger partial charge in [0, 0.05) is 82.7 Å². The van der Waals surface area contributed by atoms with Gasteiger partial charge in [0.1, 0.15) is 22.6 Å². The van der Waals surface area contributed by atoms with E-state index >= 15 is 0 Å². The monoisotopic (exact) mass is 886 g/mol. The summed E-state index contributed by atoms with van der Waals surface area (Å²) >= 11 is 0.772. The van der Waals surface area contributed by atoms with Crippen molar-refractivity contribution in [1.82, 2.24) is 35.0 Å². The SMILES string of the molecule is CCCCCNc1nc(N)nc2ccn(Cc3ccc(CN4CCN(C(=O)CCOCCOCCNC(=O)CCNC(=O)CC(SC[C@H](N)C(=O)O)C(=O)O)CC4)cc3OC)c12. The second-order valence-electron chi connectivity index (χ2n) is 14.8. The quantitative estimate of drug-likeness (QED) is 0.0485. The number of fused-ring (bicyclic) bond motifs is 1. The van der Waals surface area contributed by atoms with Crippen molar-refractivity contribution in [3.8, 4) is 5.75 Å². The molecule has 1 aliphatic heterocycles. The zero-order valence-electron chi connectivity index (χ0n) is 35.6. The number of unbranched alkanes of at least 4 members (excludes halogenated alkanes) is 2. The second-order valence-corrected chi connectivity index (χ2v) is 16.0. The Labute approximate surface area is 365 Å². The van der Waals surface area contributed by atoms with Gasteiger partial charge in [0.2, 0.25) is 23.7 Å². The number of carboxylic acid groups (broad SMARTS) is 2. The summed E-state index contributed by atoms with van der Waals surface area (Å²) in [7, 11) is 1.68. The van der Waals surface area contributed by atoms with Crippen molar-refractivity contribution in [2.75, 3.05) is 96.2 Å². The first-order chi connectivity index (χ1) is 29.9. The maximum Gasteiger partial charge on any atom is 0.321 e. The Morgan fingerprint density at radius 1 is 0.871 bits per heavy atom. The molecule has 0 radical (unpaired) electrons. The number of aliphatic carboxylic acids is 2. The fourth-order valence-corrected chi connectivity index (χ4v) is 7.63. The number of methoxy groups -OCH3 is 1. The maximum atomic E-state index is 12.9. The lowest BCUT2D eigenvalue weighted by atomic mass is 10.1. The van der Waals surface area contributed by atoms with E-state index in [1.165, 1.54) is 0 Å². The normalized spacial score (nSPS) is 14.0. The summed E-state index contributed by atoms with van der Waals surface area (Å²) in [6.07, 6.45) is 5.18. The standard InChI is InChI=1S/C41H62N10O10S/c1-3-4-5-11-46-38-37-31(47-41(43)48-38)9-14-51(37)26-29-7-6-28(23-32(29)59-2)25-49-15-17-50(18-16-49)36(54)10-19-60-21-22-61-20-13-45-34(52)8-12-44-35(53)24-33(40(57)58)62-27-30(42)39(55)56/h6-7,9,14,23,30,33H,3-5,8,10-13,15-22,24-27,42H2,1-2H3,(H,44,53)(H,45,52)(H,55,56)(H,57,58)(H3,43,46,47,48)/t30-,33?/m0/s1. The number of thioether (sulfide) groups is 1. The molecule has 9 N–H and O–H groups in total. The van der Waals surface area contributed by atoms with Gasteiger partial charge in [-0.3, -0.25) is 28.9 Å². The number of nitrogens with one attached hydrogen (secondary N) is 3. The number of nitrogen functional groups attached to an aromatic ring is 1. The Kier molecular flexibility index (Phi) is 21.0. The summed E-state index contributed by atoms with van der Waals surface area (Å²) < 4.78 is 19.0. The molecule has 0 saturated carbocycles. The first kappa shape index (κ1) is 49.4. The van der Waals surface area contributed by atoms with E-state index in [0.717, 1.165) is 90.9 Å². The maximum absolute atomic E-state index is 12.9. The van der Waals surface area contributed by atoms with Crippen LogP contribution in [0.2, 0.25) is 0 Å². The molecule has 342 valence electrons. The van der Waals surface area contributed by atoms with Crippen LogP contribution in [0, 0.1) is 0 Å². The highest BCUT2D eigenvalue weighted by atomic mass is 32.2. The molecule has 1 fully saturated rings. The Morgan fingerprint density at radius 3 is 2.32 bits per heavy atom. The summed E-state index contributed by atoms with van der Waals surface area (Å²) in [5.41, 5.74) is 15.2. The van der Waals surface area contributed by atoms with E-state index in [1.807, 2.05) is 17.2 Å². The van der Waals surface area contributed by atoms with E-state index in [1.54, 1.807) is 7.11 Å². The molecule has 0 aliphatic carbocycles. The molecule has 62 heavy (non-hydrogen) atoms. The highest BCUT2D eigenvalue weighted by molar-refractivity contribution is 8.00. The van der Waals surface area contributed by atoms with Gasteiger partial charge in [-0.2, -0.15) is 4.98 Å². The van der Waals surface area contributed by atoms with Gasteiger partial charge in [0.25, 0.3) is 0 Å². The van der Waals surface area contributed by atoms with Gasteiger partial charge in [-0.25, -0.2) is 4.98 Å². The molecule has 4 rings (SSSR count). The number of nitrogens with zero attached hydrogens (tertiary/aromatic N) is 5. The molecule has 2 aromatic heterocycles. The van der Waals surface area contributed by atoms with E-state index in [-0.39, 0.29) is 75.7 Å². The molecular formula is C41H62N10O10S. The van der Waals surface area contributed by atoms with Gasteiger partial charge >= 0.3 is 11.9 Å². The third kappa shape index (κ3) is 16.6. The van der Waals surface area contributed by atoms with E-state index in [4.69, 9.17) is 30.8 Å². The summed E-state index contributed by atoms with van der Waals surface area (Å²) in [4.78, 5) is 72.4. The smallest absolute Gasteiger partial charge is 0.321 e. The number of carbonyl (C=O) groups excluding carboxylic acids is 3. The van der Waals surface area contributed by atoms with Crippen molar-refractivity contribution in [1.29, 1.82) is 0 Å². The number of hydrogen-bond acceptors (Lipinski definition) is 15. The third-order valence-corrected chi connectivity index (χ3v) is 11.4. The molecule has 1 saturated heterocycles. The number of amides is 3. The third-order valence-electron chi connectivity index (χ3n) is 10.0. The van der Waals surface area contributed by atoms with E-state index < -0.39 is 29.1 Å². The van der Waals surface area contributed by atoms with Crippen LogP contribution >= 0.6 is 11.8 Å². The van der Waals surface area contributed by atoms with Crippen LogP contribution in [0.25, 0.3) is 11.0 Å². The zero-order valence-corrected chi connectivity index (χ0v) is 36.5. The Hall–Kier alpha value is -5.22. The van der Waals surface area contributed by atoms with E-state index in [9.17, 15) is 29.1 Å². The number of benzene rings is 1. The first-order valence-corrected chi connectivity index (χ1v) is 22.0. The fourth-order valence-electron chi connectivity index (χ4n) is 6.63. The van der Waals surface area contributed by atoms with Crippen LogP contribution in [-0.2, 0) is 46.5 Å².